The van der Waals surface area contributed by atoms with E-state index in [0.717, 1.165) is 5.39 Å². The molecule has 1 fully saturated rings. The molecule has 1 N–H and O–H groups in total. The molecule has 114 valence electrons. The number of carbonyl (C=O) groups excluding carboxylic acids is 1. The Labute approximate surface area is 132 Å². The van der Waals surface area contributed by atoms with Crippen molar-refractivity contribution in [3.63, 3.8) is 0 Å². The molecule has 0 aliphatic carbocycles. The van der Waals surface area contributed by atoms with Crippen molar-refractivity contribution in [1.29, 1.82) is 0 Å². The summed E-state index contributed by atoms with van der Waals surface area (Å²) < 4.78 is 0. The fourth-order valence-corrected chi connectivity index (χ4v) is 3.03. The standard InChI is InChI=1S/C16H15ClN2O3/c17-13-4-3-12(14-11(13)2-1-7-18-14)15(20)19-8-5-10(6-9-19)16(21)22/h1-4,7,10H,5-6,8-9H2,(H,21,22). The molecule has 6 heteroatoms. The number of carbonyl (C=O) groups is 2. The number of aliphatic carboxylic acids is 1. The van der Waals surface area contributed by atoms with Crippen molar-refractivity contribution in [2.75, 3.05) is 13.1 Å². The zero-order chi connectivity index (χ0) is 15.7. The van der Waals surface area contributed by atoms with Crippen molar-refractivity contribution in [3.8, 4) is 0 Å². The molecule has 0 spiro atoms. The Morgan fingerprint density at radius 2 is 1.95 bits per heavy atom. The van der Waals surface area contributed by atoms with Crippen LogP contribution < -0.4 is 0 Å². The van der Waals surface area contributed by atoms with Crippen LogP contribution in [0.4, 0.5) is 0 Å². The Morgan fingerprint density at radius 1 is 1.23 bits per heavy atom. The van der Waals surface area contributed by atoms with Gasteiger partial charge in [0.25, 0.3) is 5.91 Å². The predicted molar refractivity (Wildman–Crippen MR) is 83.0 cm³/mol. The number of piperidine rings is 1. The highest BCUT2D eigenvalue weighted by Gasteiger charge is 2.28. The molecule has 0 saturated carbocycles. The number of carboxylic acid groups (broad SMARTS) is 1. The molecule has 0 unspecified atom stereocenters. The number of benzene rings is 1. The molecular weight excluding hydrogens is 304 g/mol. The van der Waals surface area contributed by atoms with Crippen LogP contribution in [-0.2, 0) is 4.79 Å². The lowest BCUT2D eigenvalue weighted by Gasteiger charge is -2.30. The number of nitrogens with zero attached hydrogens (tertiary/aromatic N) is 2. The summed E-state index contributed by atoms with van der Waals surface area (Å²) in [6, 6.07) is 6.99. The van der Waals surface area contributed by atoms with Crippen molar-refractivity contribution in [3.05, 3.63) is 41.0 Å². The van der Waals surface area contributed by atoms with Gasteiger partial charge in [-0.3, -0.25) is 14.6 Å². The highest BCUT2D eigenvalue weighted by molar-refractivity contribution is 6.36. The van der Waals surface area contributed by atoms with Crippen LogP contribution in [0.1, 0.15) is 23.2 Å². The number of aromatic nitrogens is 1. The minimum atomic E-state index is -0.786. The molecule has 22 heavy (non-hydrogen) atoms. The van der Waals surface area contributed by atoms with E-state index in [4.69, 9.17) is 16.7 Å². The van der Waals surface area contributed by atoms with Gasteiger partial charge in [-0.05, 0) is 37.1 Å². The summed E-state index contributed by atoms with van der Waals surface area (Å²) in [6.07, 6.45) is 2.60. The van der Waals surface area contributed by atoms with Crippen LogP contribution in [0.15, 0.2) is 30.5 Å². The average molecular weight is 319 g/mol. The van der Waals surface area contributed by atoms with Crippen molar-refractivity contribution in [1.82, 2.24) is 9.88 Å². The Kier molecular flexibility index (Phi) is 3.98. The van der Waals surface area contributed by atoms with Gasteiger partial charge in [0, 0.05) is 24.7 Å². The van der Waals surface area contributed by atoms with E-state index in [1.807, 2.05) is 6.07 Å². The second-order valence-corrected chi connectivity index (χ2v) is 5.81. The number of hydrogen-bond donors (Lipinski definition) is 1. The van der Waals surface area contributed by atoms with Gasteiger partial charge in [0.1, 0.15) is 0 Å². The molecule has 1 aromatic heterocycles. The van der Waals surface area contributed by atoms with E-state index < -0.39 is 5.97 Å². The number of halogens is 1. The maximum atomic E-state index is 12.7. The monoisotopic (exact) mass is 318 g/mol. The second-order valence-electron chi connectivity index (χ2n) is 5.40. The lowest BCUT2D eigenvalue weighted by Crippen LogP contribution is -2.40. The average Bonchev–Trinajstić information content (AvgIpc) is 2.55. The molecule has 3 rings (SSSR count). The minimum absolute atomic E-state index is 0.121. The number of hydrogen-bond acceptors (Lipinski definition) is 3. The smallest absolute Gasteiger partial charge is 0.306 e. The first kappa shape index (κ1) is 14.8. The van der Waals surface area contributed by atoms with Gasteiger partial charge in [-0.2, -0.15) is 0 Å². The SMILES string of the molecule is O=C(O)C1CCN(C(=O)c2ccc(Cl)c3cccnc23)CC1. The molecule has 2 aromatic rings. The lowest BCUT2D eigenvalue weighted by atomic mass is 9.96. The third-order valence-electron chi connectivity index (χ3n) is 4.08. The van der Waals surface area contributed by atoms with Crippen LogP contribution >= 0.6 is 11.6 Å². The van der Waals surface area contributed by atoms with Gasteiger partial charge < -0.3 is 10.0 Å². The fourth-order valence-electron chi connectivity index (χ4n) is 2.81. The van der Waals surface area contributed by atoms with Gasteiger partial charge >= 0.3 is 5.97 Å². The Bertz CT molecular complexity index is 739. The number of rotatable bonds is 2. The second kappa shape index (κ2) is 5.93. The van der Waals surface area contributed by atoms with Crippen LogP contribution in [-0.4, -0.2) is 40.0 Å². The first-order chi connectivity index (χ1) is 10.6. The number of carboxylic acids is 1. The third-order valence-corrected chi connectivity index (χ3v) is 4.41. The highest BCUT2D eigenvalue weighted by atomic mass is 35.5. The van der Waals surface area contributed by atoms with Gasteiger partial charge in [-0.1, -0.05) is 11.6 Å². The Balaban J connectivity index is 1.88. The molecular formula is C16H15ClN2O3. The fraction of sp³-hybridized carbons (Fsp3) is 0.312. The zero-order valence-corrected chi connectivity index (χ0v) is 12.6. The predicted octanol–water partition coefficient (Wildman–Crippen LogP) is 2.83. The first-order valence-corrected chi connectivity index (χ1v) is 7.51. The lowest BCUT2D eigenvalue weighted by molar-refractivity contribution is -0.143. The van der Waals surface area contributed by atoms with E-state index in [1.54, 1.807) is 29.3 Å². The quantitative estimate of drug-likeness (QED) is 0.924. The summed E-state index contributed by atoms with van der Waals surface area (Å²) in [5.41, 5.74) is 1.09. The summed E-state index contributed by atoms with van der Waals surface area (Å²) >= 11 is 6.14. The van der Waals surface area contributed by atoms with Crippen LogP contribution in [0, 0.1) is 5.92 Å². The van der Waals surface area contributed by atoms with Gasteiger partial charge in [-0.15, -0.1) is 0 Å². The number of amides is 1. The van der Waals surface area contributed by atoms with Gasteiger partial charge in [0.15, 0.2) is 0 Å². The number of pyridine rings is 1. The van der Waals surface area contributed by atoms with Crippen molar-refractivity contribution in [2.45, 2.75) is 12.8 Å². The number of likely N-dealkylation sites (tertiary alicyclic amines) is 1. The van der Waals surface area contributed by atoms with Crippen LogP contribution in [0.2, 0.25) is 5.02 Å². The van der Waals surface area contributed by atoms with E-state index in [1.165, 1.54) is 0 Å². The molecule has 0 atom stereocenters. The molecule has 2 heterocycles. The minimum Gasteiger partial charge on any atom is -0.481 e. The van der Waals surface area contributed by atoms with Gasteiger partial charge in [-0.25, -0.2) is 0 Å². The van der Waals surface area contributed by atoms with Gasteiger partial charge in [0.05, 0.1) is 22.0 Å². The summed E-state index contributed by atoms with van der Waals surface area (Å²) in [6.45, 7) is 0.902. The van der Waals surface area contributed by atoms with E-state index >= 15 is 0 Å². The van der Waals surface area contributed by atoms with Crippen LogP contribution in [0.5, 0.6) is 0 Å². The van der Waals surface area contributed by atoms with E-state index in [2.05, 4.69) is 4.98 Å². The summed E-state index contributed by atoms with van der Waals surface area (Å²) in [5.74, 6) is -1.26. The van der Waals surface area contributed by atoms with Crippen molar-refractivity contribution >= 4 is 34.4 Å². The Morgan fingerprint density at radius 3 is 2.64 bits per heavy atom. The molecule has 1 saturated heterocycles. The Hall–Kier alpha value is -2.14. The summed E-state index contributed by atoms with van der Waals surface area (Å²) in [4.78, 5) is 29.6. The summed E-state index contributed by atoms with van der Waals surface area (Å²) in [7, 11) is 0. The van der Waals surface area contributed by atoms with Crippen molar-refractivity contribution < 1.29 is 14.7 Å². The normalized spacial score (nSPS) is 16.0. The first-order valence-electron chi connectivity index (χ1n) is 7.13. The van der Waals surface area contributed by atoms with E-state index in [-0.39, 0.29) is 11.8 Å². The van der Waals surface area contributed by atoms with Gasteiger partial charge in [0.2, 0.25) is 0 Å². The molecule has 1 aromatic carbocycles. The zero-order valence-electron chi connectivity index (χ0n) is 11.8. The van der Waals surface area contributed by atoms with Crippen LogP contribution in [0.3, 0.4) is 0 Å². The molecule has 1 aliphatic heterocycles. The van der Waals surface area contributed by atoms with E-state index in [0.29, 0.717) is 42.0 Å². The largest absolute Gasteiger partial charge is 0.481 e. The number of fused-ring (bicyclic) bond motifs is 1. The van der Waals surface area contributed by atoms with Crippen LogP contribution in [0.25, 0.3) is 10.9 Å². The maximum absolute atomic E-state index is 12.7. The third kappa shape index (κ3) is 2.64. The molecule has 1 aliphatic rings. The molecule has 0 radical (unpaired) electrons. The molecule has 5 nitrogen and oxygen atoms in total. The summed E-state index contributed by atoms with van der Waals surface area (Å²) in [5, 5.41) is 10.3. The van der Waals surface area contributed by atoms with Crippen molar-refractivity contribution in [2.24, 2.45) is 5.92 Å². The van der Waals surface area contributed by atoms with E-state index in [9.17, 15) is 9.59 Å². The molecule has 0 bridgehead atoms. The highest BCUT2D eigenvalue weighted by Crippen LogP contribution is 2.27. The molecule has 1 amide bonds. The topological polar surface area (TPSA) is 70.5 Å². The maximum Gasteiger partial charge on any atom is 0.306 e.